The number of hydrogen-bond acceptors (Lipinski definition) is 3. The van der Waals surface area contributed by atoms with Crippen molar-refractivity contribution in [1.82, 2.24) is 9.97 Å². The van der Waals surface area contributed by atoms with E-state index in [1.807, 2.05) is 13.0 Å². The first-order valence-corrected chi connectivity index (χ1v) is 6.19. The van der Waals surface area contributed by atoms with Crippen LogP contribution in [0.5, 0.6) is 0 Å². The van der Waals surface area contributed by atoms with E-state index in [0.717, 1.165) is 34.6 Å². The highest BCUT2D eigenvalue weighted by molar-refractivity contribution is 9.10. The van der Waals surface area contributed by atoms with Crippen LogP contribution in [0.2, 0.25) is 0 Å². The summed E-state index contributed by atoms with van der Waals surface area (Å²) in [5.41, 5.74) is 0. The van der Waals surface area contributed by atoms with E-state index in [-0.39, 0.29) is 0 Å². The molecular weight excluding hydrogens is 254 g/mol. The fourth-order valence-corrected chi connectivity index (χ4v) is 2.19. The van der Waals surface area contributed by atoms with Gasteiger partial charge in [0.15, 0.2) is 0 Å². The van der Waals surface area contributed by atoms with Gasteiger partial charge in [0, 0.05) is 12.6 Å². The van der Waals surface area contributed by atoms with Crippen LogP contribution in [0.25, 0.3) is 0 Å². The summed E-state index contributed by atoms with van der Waals surface area (Å²) in [6.07, 6.45) is 2.80. The average Bonchev–Trinajstić information content (AvgIpc) is 2.95. The van der Waals surface area contributed by atoms with Gasteiger partial charge in [0.1, 0.15) is 16.2 Å². The number of nitrogens with one attached hydrogen (secondary N) is 1. The normalized spacial score (nSPS) is 17.5. The quantitative estimate of drug-likeness (QED) is 0.855. The number of hydrogen-bond donors (Lipinski definition) is 1. The number of aryl methyl sites for hydroxylation is 1. The van der Waals surface area contributed by atoms with Crippen LogP contribution in [-0.4, -0.2) is 16.5 Å². The Kier molecular flexibility index (Phi) is 3.24. The predicted octanol–water partition coefficient (Wildman–Crippen LogP) is 3.01. The van der Waals surface area contributed by atoms with Crippen molar-refractivity contribution in [3.63, 3.8) is 0 Å². The van der Waals surface area contributed by atoms with Crippen LogP contribution in [-0.2, 0) is 0 Å². The Bertz CT molecular complexity index is 329. The molecule has 1 atom stereocenters. The van der Waals surface area contributed by atoms with E-state index >= 15 is 0 Å². The van der Waals surface area contributed by atoms with E-state index in [1.165, 1.54) is 12.8 Å². The molecule has 0 bridgehead atoms. The highest BCUT2D eigenvalue weighted by Gasteiger charge is 2.27. The second-order valence-corrected chi connectivity index (χ2v) is 5.13. The Morgan fingerprint density at radius 3 is 2.87 bits per heavy atom. The van der Waals surface area contributed by atoms with E-state index in [1.54, 1.807) is 0 Å². The molecule has 1 saturated carbocycles. The number of rotatable bonds is 4. The zero-order valence-corrected chi connectivity index (χ0v) is 10.7. The average molecular weight is 270 g/mol. The Balaban J connectivity index is 1.91. The zero-order chi connectivity index (χ0) is 10.8. The molecule has 1 N–H and O–H groups in total. The first kappa shape index (κ1) is 10.9. The maximum absolute atomic E-state index is 4.33. The molecule has 0 saturated heterocycles. The van der Waals surface area contributed by atoms with Gasteiger partial charge in [-0.25, -0.2) is 9.97 Å². The molecule has 4 heteroatoms. The second kappa shape index (κ2) is 4.47. The maximum Gasteiger partial charge on any atom is 0.130 e. The molecule has 1 fully saturated rings. The van der Waals surface area contributed by atoms with E-state index in [0.29, 0.717) is 0 Å². The van der Waals surface area contributed by atoms with Crippen molar-refractivity contribution >= 4 is 21.7 Å². The van der Waals surface area contributed by atoms with Crippen molar-refractivity contribution in [3.05, 3.63) is 16.5 Å². The summed E-state index contributed by atoms with van der Waals surface area (Å²) in [6.45, 7) is 5.21. The lowest BCUT2D eigenvalue weighted by atomic mass is 10.1. The Morgan fingerprint density at radius 1 is 1.53 bits per heavy atom. The molecule has 1 aromatic heterocycles. The van der Waals surface area contributed by atoms with Gasteiger partial charge in [0.2, 0.25) is 0 Å². The third-order valence-corrected chi connectivity index (χ3v) is 3.24. The van der Waals surface area contributed by atoms with Gasteiger partial charge in [0.25, 0.3) is 0 Å². The van der Waals surface area contributed by atoms with E-state index in [4.69, 9.17) is 0 Å². The molecule has 1 unspecified atom stereocenters. The van der Waals surface area contributed by atoms with Crippen LogP contribution in [0.4, 0.5) is 5.82 Å². The monoisotopic (exact) mass is 269 g/mol. The molecule has 0 spiro atoms. The molecule has 1 aromatic rings. The predicted molar refractivity (Wildman–Crippen MR) is 64.8 cm³/mol. The number of anilines is 1. The smallest absolute Gasteiger partial charge is 0.130 e. The van der Waals surface area contributed by atoms with Crippen LogP contribution in [0.3, 0.4) is 0 Å². The van der Waals surface area contributed by atoms with Crippen LogP contribution >= 0.6 is 15.9 Å². The molecular formula is C11H16BrN3. The maximum atomic E-state index is 4.33. The van der Waals surface area contributed by atoms with Crippen molar-refractivity contribution in [3.8, 4) is 0 Å². The fraction of sp³-hybridized carbons (Fsp3) is 0.636. The lowest BCUT2D eigenvalue weighted by molar-refractivity contribution is 0.536. The zero-order valence-electron chi connectivity index (χ0n) is 9.13. The molecule has 0 aromatic carbocycles. The van der Waals surface area contributed by atoms with Gasteiger partial charge in [-0.3, -0.25) is 0 Å². The van der Waals surface area contributed by atoms with Gasteiger partial charge in [-0.05, 0) is 47.5 Å². The summed E-state index contributed by atoms with van der Waals surface area (Å²) in [7, 11) is 0. The lowest BCUT2D eigenvalue weighted by Gasteiger charge is -2.12. The van der Waals surface area contributed by atoms with Crippen molar-refractivity contribution < 1.29 is 0 Å². The van der Waals surface area contributed by atoms with Crippen molar-refractivity contribution in [2.75, 3.05) is 11.9 Å². The summed E-state index contributed by atoms with van der Waals surface area (Å²) < 4.78 is 0.844. The molecule has 15 heavy (non-hydrogen) atoms. The van der Waals surface area contributed by atoms with E-state index in [9.17, 15) is 0 Å². The highest BCUT2D eigenvalue weighted by Crippen LogP contribution is 2.36. The van der Waals surface area contributed by atoms with Gasteiger partial charge < -0.3 is 5.32 Å². The van der Waals surface area contributed by atoms with Gasteiger partial charge >= 0.3 is 0 Å². The Labute approximate surface area is 98.8 Å². The van der Waals surface area contributed by atoms with Crippen molar-refractivity contribution in [1.29, 1.82) is 0 Å². The van der Waals surface area contributed by atoms with Crippen LogP contribution in [0, 0.1) is 18.8 Å². The van der Waals surface area contributed by atoms with Crippen LogP contribution in [0.15, 0.2) is 10.7 Å². The standard InChI is InChI=1S/C11H16BrN3/c1-7(9-3-4-9)6-13-11-5-10(12)14-8(2)15-11/h5,7,9H,3-4,6H2,1-2H3,(H,13,14,15). The minimum absolute atomic E-state index is 0.749. The van der Waals surface area contributed by atoms with Gasteiger partial charge in [-0.2, -0.15) is 0 Å². The second-order valence-electron chi connectivity index (χ2n) is 4.32. The molecule has 1 aliphatic carbocycles. The fourth-order valence-electron chi connectivity index (χ4n) is 1.72. The minimum Gasteiger partial charge on any atom is -0.370 e. The van der Waals surface area contributed by atoms with Crippen molar-refractivity contribution in [2.24, 2.45) is 11.8 Å². The molecule has 1 heterocycles. The van der Waals surface area contributed by atoms with Gasteiger partial charge in [0.05, 0.1) is 0 Å². The number of halogens is 1. The Hall–Kier alpha value is -0.640. The lowest BCUT2D eigenvalue weighted by Crippen LogP contribution is -2.14. The van der Waals surface area contributed by atoms with E-state index < -0.39 is 0 Å². The minimum atomic E-state index is 0.749. The van der Waals surface area contributed by atoms with Gasteiger partial charge in [-0.1, -0.05) is 6.92 Å². The first-order valence-electron chi connectivity index (χ1n) is 5.40. The van der Waals surface area contributed by atoms with Crippen molar-refractivity contribution in [2.45, 2.75) is 26.7 Å². The Morgan fingerprint density at radius 2 is 2.27 bits per heavy atom. The molecule has 0 amide bonds. The molecule has 0 aliphatic heterocycles. The van der Waals surface area contributed by atoms with Crippen LogP contribution in [0.1, 0.15) is 25.6 Å². The third-order valence-electron chi connectivity index (χ3n) is 2.84. The topological polar surface area (TPSA) is 37.8 Å². The van der Waals surface area contributed by atoms with Gasteiger partial charge in [-0.15, -0.1) is 0 Å². The molecule has 0 radical (unpaired) electrons. The number of nitrogens with zero attached hydrogens (tertiary/aromatic N) is 2. The summed E-state index contributed by atoms with van der Waals surface area (Å²) in [5, 5.41) is 3.37. The molecule has 82 valence electrons. The number of aromatic nitrogens is 2. The first-order chi connectivity index (χ1) is 7.15. The SMILES string of the molecule is Cc1nc(Br)cc(NCC(C)C2CC2)n1. The van der Waals surface area contributed by atoms with Crippen LogP contribution < -0.4 is 5.32 Å². The largest absolute Gasteiger partial charge is 0.370 e. The summed E-state index contributed by atoms with van der Waals surface area (Å²) in [4.78, 5) is 8.51. The highest BCUT2D eigenvalue weighted by atomic mass is 79.9. The third kappa shape index (κ3) is 3.16. The molecule has 1 aliphatic rings. The summed E-state index contributed by atoms with van der Waals surface area (Å²) >= 11 is 3.37. The molecule has 3 nitrogen and oxygen atoms in total. The summed E-state index contributed by atoms with van der Waals surface area (Å²) in [6, 6.07) is 1.92. The molecule has 2 rings (SSSR count). The summed E-state index contributed by atoms with van der Waals surface area (Å²) in [5.74, 6) is 3.40. The van der Waals surface area contributed by atoms with E-state index in [2.05, 4.69) is 38.1 Å².